The van der Waals surface area contributed by atoms with E-state index in [-0.39, 0.29) is 23.8 Å². The summed E-state index contributed by atoms with van der Waals surface area (Å²) in [6, 6.07) is 11.9. The number of hydrogen-bond acceptors (Lipinski definition) is 3. The molecule has 0 unspecified atom stereocenters. The molecule has 0 N–H and O–H groups in total. The maximum absolute atomic E-state index is 13.4. The number of aromatic nitrogens is 1. The Balaban J connectivity index is 1.64. The molecule has 0 radical (unpaired) electrons. The maximum Gasteiger partial charge on any atom is 0.254 e. The van der Waals surface area contributed by atoms with Crippen LogP contribution in [0.1, 0.15) is 47.8 Å². The van der Waals surface area contributed by atoms with Gasteiger partial charge >= 0.3 is 0 Å². The van der Waals surface area contributed by atoms with Crippen LogP contribution in [0.15, 0.2) is 48.8 Å². The number of nitrogens with zero attached hydrogens (tertiary/aromatic N) is 3. The SMILES string of the molecule is Cc1ccccc1[C@@H]1[C@H]2CN(C(=O)CC(C)C)C[C@H]2CN1C(=O)c1ccncc1. The van der Waals surface area contributed by atoms with Gasteiger partial charge in [-0.05, 0) is 36.1 Å². The van der Waals surface area contributed by atoms with Crippen molar-refractivity contribution >= 4 is 11.8 Å². The molecule has 0 saturated carbocycles. The van der Waals surface area contributed by atoms with Gasteiger partial charge in [-0.3, -0.25) is 14.6 Å². The fraction of sp³-hybridized carbons (Fsp3) is 0.458. The highest BCUT2D eigenvalue weighted by molar-refractivity contribution is 5.94. The lowest BCUT2D eigenvalue weighted by molar-refractivity contribution is -0.131. The Labute approximate surface area is 172 Å². The van der Waals surface area contributed by atoms with E-state index in [9.17, 15) is 9.59 Å². The zero-order valence-corrected chi connectivity index (χ0v) is 17.4. The summed E-state index contributed by atoms with van der Waals surface area (Å²) in [4.78, 5) is 34.1. The van der Waals surface area contributed by atoms with Gasteiger partial charge in [-0.25, -0.2) is 0 Å². The summed E-state index contributed by atoms with van der Waals surface area (Å²) in [6.45, 7) is 8.44. The van der Waals surface area contributed by atoms with Crippen LogP contribution in [0, 0.1) is 24.7 Å². The Kier molecular flexibility index (Phi) is 5.39. The smallest absolute Gasteiger partial charge is 0.254 e. The van der Waals surface area contributed by atoms with Crippen LogP contribution in [0.4, 0.5) is 0 Å². The van der Waals surface area contributed by atoms with Gasteiger partial charge in [0.2, 0.25) is 5.91 Å². The lowest BCUT2D eigenvalue weighted by Gasteiger charge is -2.31. The molecule has 2 fully saturated rings. The zero-order valence-electron chi connectivity index (χ0n) is 17.4. The van der Waals surface area contributed by atoms with Crippen LogP contribution in [0.5, 0.6) is 0 Å². The van der Waals surface area contributed by atoms with Crippen LogP contribution in [0.25, 0.3) is 0 Å². The summed E-state index contributed by atoms with van der Waals surface area (Å²) in [5.41, 5.74) is 3.06. The number of carbonyl (C=O) groups is 2. The molecule has 2 amide bonds. The minimum Gasteiger partial charge on any atom is -0.342 e. The highest BCUT2D eigenvalue weighted by Crippen LogP contribution is 2.46. The summed E-state index contributed by atoms with van der Waals surface area (Å²) >= 11 is 0. The molecule has 0 aliphatic carbocycles. The second-order valence-corrected chi connectivity index (χ2v) is 8.82. The second-order valence-electron chi connectivity index (χ2n) is 8.82. The standard InChI is InChI=1S/C24H29N3O2/c1-16(2)12-22(28)26-13-19-14-27(24(29)18-8-10-25-11-9-18)23(21(19)15-26)20-7-5-4-6-17(20)3/h4-11,16,19,21,23H,12-15H2,1-3H3/t19-,21-,23+/m0/s1. The molecule has 5 nitrogen and oxygen atoms in total. The van der Waals surface area contributed by atoms with E-state index in [2.05, 4.69) is 37.9 Å². The molecule has 3 atom stereocenters. The van der Waals surface area contributed by atoms with Crippen LogP contribution in [0.2, 0.25) is 0 Å². The average molecular weight is 392 g/mol. The van der Waals surface area contributed by atoms with Gasteiger partial charge in [-0.15, -0.1) is 0 Å². The molecule has 2 aromatic rings. The number of benzene rings is 1. The highest BCUT2D eigenvalue weighted by Gasteiger charge is 2.50. The number of likely N-dealkylation sites (tertiary alicyclic amines) is 2. The van der Waals surface area contributed by atoms with Crippen molar-refractivity contribution in [2.75, 3.05) is 19.6 Å². The van der Waals surface area contributed by atoms with Crippen LogP contribution in [-0.2, 0) is 4.79 Å². The van der Waals surface area contributed by atoms with Gasteiger partial charge in [-0.1, -0.05) is 38.1 Å². The van der Waals surface area contributed by atoms with E-state index in [1.165, 1.54) is 11.1 Å². The first kappa shape index (κ1) is 19.6. The first-order valence-electron chi connectivity index (χ1n) is 10.5. The average Bonchev–Trinajstić information content (AvgIpc) is 3.26. The van der Waals surface area contributed by atoms with Crippen molar-refractivity contribution < 1.29 is 9.59 Å². The molecular formula is C24H29N3O2. The first-order valence-corrected chi connectivity index (χ1v) is 10.5. The number of amides is 2. The molecular weight excluding hydrogens is 362 g/mol. The van der Waals surface area contributed by atoms with E-state index in [0.29, 0.717) is 30.4 Å². The van der Waals surface area contributed by atoms with Gasteiger partial charge in [0, 0.05) is 55.8 Å². The number of fused-ring (bicyclic) bond motifs is 1. The monoisotopic (exact) mass is 391 g/mol. The van der Waals surface area contributed by atoms with E-state index in [0.717, 1.165) is 13.1 Å². The molecule has 0 spiro atoms. The summed E-state index contributed by atoms with van der Waals surface area (Å²) < 4.78 is 0. The lowest BCUT2D eigenvalue weighted by Crippen LogP contribution is -2.38. The van der Waals surface area contributed by atoms with Gasteiger partial charge in [0.1, 0.15) is 0 Å². The van der Waals surface area contributed by atoms with Gasteiger partial charge in [0.15, 0.2) is 0 Å². The van der Waals surface area contributed by atoms with E-state index in [1.54, 1.807) is 24.5 Å². The minimum absolute atomic E-state index is 0.00119. The van der Waals surface area contributed by atoms with E-state index >= 15 is 0 Å². The molecule has 1 aromatic heterocycles. The van der Waals surface area contributed by atoms with Crippen molar-refractivity contribution in [3.8, 4) is 0 Å². The van der Waals surface area contributed by atoms with Crippen molar-refractivity contribution in [3.05, 3.63) is 65.5 Å². The molecule has 29 heavy (non-hydrogen) atoms. The van der Waals surface area contributed by atoms with E-state index in [4.69, 9.17) is 0 Å². The van der Waals surface area contributed by atoms with Crippen LogP contribution in [-0.4, -0.2) is 46.2 Å². The number of rotatable bonds is 4. The predicted octanol–water partition coefficient (Wildman–Crippen LogP) is 3.71. The fourth-order valence-electron chi connectivity index (χ4n) is 4.91. The van der Waals surface area contributed by atoms with Crippen molar-refractivity contribution in [2.24, 2.45) is 17.8 Å². The second kappa shape index (κ2) is 7.97. The Morgan fingerprint density at radius 1 is 1.07 bits per heavy atom. The van der Waals surface area contributed by atoms with Crippen molar-refractivity contribution in [1.82, 2.24) is 14.8 Å². The number of aryl methyl sites for hydroxylation is 1. The molecule has 2 aliphatic rings. The summed E-state index contributed by atoms with van der Waals surface area (Å²) in [5.74, 6) is 1.25. The normalized spacial score (nSPS) is 23.5. The largest absolute Gasteiger partial charge is 0.342 e. The number of hydrogen-bond donors (Lipinski definition) is 0. The lowest BCUT2D eigenvalue weighted by atomic mass is 9.87. The van der Waals surface area contributed by atoms with Gasteiger partial charge < -0.3 is 9.80 Å². The Bertz CT molecular complexity index is 896. The molecule has 0 bridgehead atoms. The molecule has 2 saturated heterocycles. The van der Waals surface area contributed by atoms with Crippen LogP contribution >= 0.6 is 0 Å². The third-order valence-electron chi connectivity index (χ3n) is 6.29. The van der Waals surface area contributed by atoms with Crippen LogP contribution in [0.3, 0.4) is 0 Å². The number of pyridine rings is 1. The molecule has 4 rings (SSSR count). The third-order valence-corrected chi connectivity index (χ3v) is 6.29. The molecule has 2 aliphatic heterocycles. The maximum atomic E-state index is 13.4. The summed E-state index contributed by atoms with van der Waals surface area (Å²) in [7, 11) is 0. The van der Waals surface area contributed by atoms with Gasteiger partial charge in [0.05, 0.1) is 6.04 Å². The Hall–Kier alpha value is -2.69. The van der Waals surface area contributed by atoms with Crippen molar-refractivity contribution in [1.29, 1.82) is 0 Å². The highest BCUT2D eigenvalue weighted by atomic mass is 16.2. The first-order chi connectivity index (χ1) is 14.0. The van der Waals surface area contributed by atoms with Crippen molar-refractivity contribution in [2.45, 2.75) is 33.2 Å². The Morgan fingerprint density at radius 3 is 2.48 bits per heavy atom. The molecule has 1 aromatic carbocycles. The van der Waals surface area contributed by atoms with Crippen molar-refractivity contribution in [3.63, 3.8) is 0 Å². The zero-order chi connectivity index (χ0) is 20.5. The third kappa shape index (κ3) is 3.78. The topological polar surface area (TPSA) is 53.5 Å². The summed E-state index contributed by atoms with van der Waals surface area (Å²) in [6.07, 6.45) is 3.92. The number of carbonyl (C=O) groups excluding carboxylic acids is 2. The van der Waals surface area contributed by atoms with E-state index in [1.807, 2.05) is 21.9 Å². The quantitative estimate of drug-likeness (QED) is 0.798. The summed E-state index contributed by atoms with van der Waals surface area (Å²) in [5, 5.41) is 0. The Morgan fingerprint density at radius 2 is 1.79 bits per heavy atom. The van der Waals surface area contributed by atoms with E-state index < -0.39 is 0 Å². The van der Waals surface area contributed by atoms with Gasteiger partial charge in [-0.2, -0.15) is 0 Å². The van der Waals surface area contributed by atoms with Gasteiger partial charge in [0.25, 0.3) is 5.91 Å². The van der Waals surface area contributed by atoms with Crippen LogP contribution < -0.4 is 0 Å². The molecule has 152 valence electrons. The fourth-order valence-corrected chi connectivity index (χ4v) is 4.91. The molecule has 3 heterocycles. The molecule has 5 heteroatoms. The minimum atomic E-state index is -0.00119. The predicted molar refractivity (Wildman–Crippen MR) is 112 cm³/mol.